The molecule has 3 heteroatoms. The fourth-order valence-electron chi connectivity index (χ4n) is 6.25. The maximum Gasteiger partial charge on any atom is 0.231 e. The topological polar surface area (TPSA) is 7.12 Å². The largest absolute Gasteiger partial charge is 0.298 e. The molecule has 0 atom stereocenters. The standard InChI is InChI=1S/C35H37N2S/c1-6-36-17-16-28(30-18-24(3)12-14-31(30)36)20-25-19-26(23-35(4,5)22-25)21-33-37(7-2)32-15-13-27-10-8-9-11-29(27)34(32)38-33/h8-21H,6-7,22-23H2,1-5H3/q+1/p+1. The van der Waals surface area contributed by atoms with E-state index in [0.29, 0.717) is 0 Å². The van der Waals surface area contributed by atoms with Crippen molar-refractivity contribution in [3.8, 4) is 0 Å². The molecule has 0 bridgehead atoms. The van der Waals surface area contributed by atoms with Crippen LogP contribution in [-0.2, 0) is 18.3 Å². The second kappa shape index (κ2) is 9.78. The van der Waals surface area contributed by atoms with E-state index >= 15 is 0 Å². The third-order valence-corrected chi connectivity index (χ3v) is 9.22. The number of thiol groups is 1. The number of aromatic nitrogens is 1. The molecule has 0 saturated carbocycles. The van der Waals surface area contributed by atoms with Crippen LogP contribution < -0.4 is 9.47 Å². The zero-order valence-corrected chi connectivity index (χ0v) is 24.1. The molecule has 1 aliphatic heterocycles. The van der Waals surface area contributed by atoms with Crippen LogP contribution >= 0.6 is 0 Å². The molecule has 2 aliphatic rings. The van der Waals surface area contributed by atoms with Gasteiger partial charge in [-0.25, -0.2) is 0 Å². The smallest absolute Gasteiger partial charge is 0.231 e. The molecule has 2 heterocycles. The molecule has 2 nitrogen and oxygen atoms in total. The Bertz CT molecular complexity index is 1650. The Kier molecular flexibility index (Phi) is 6.44. The van der Waals surface area contributed by atoms with Crippen molar-refractivity contribution < 1.29 is 4.57 Å². The molecular formula is C35H38N2S+2. The SMILES string of the molecule is CCN1/C(=C/C2=CC(=C/c3cc[n+](CC)c4ccc(C)cc34)/CC(C)(C)C2)[SH+]c2c1ccc1ccccc21. The first kappa shape index (κ1) is 25.0. The molecule has 192 valence electrons. The summed E-state index contributed by atoms with van der Waals surface area (Å²) in [7, 11) is 0. The fraction of sp³-hybridized carbons (Fsp3) is 0.286. The highest BCUT2D eigenvalue weighted by Crippen LogP contribution is 2.44. The summed E-state index contributed by atoms with van der Waals surface area (Å²) in [4.78, 5) is 3.95. The molecule has 0 N–H and O–H groups in total. The molecule has 4 aromatic rings. The number of nitrogens with zero attached hydrogens (tertiary/aromatic N) is 2. The van der Waals surface area contributed by atoms with E-state index in [1.54, 1.807) is 0 Å². The number of fused-ring (bicyclic) bond motifs is 4. The highest BCUT2D eigenvalue weighted by atomic mass is 32.2. The molecule has 1 aliphatic carbocycles. The van der Waals surface area contributed by atoms with E-state index in [2.05, 4.69) is 129 Å². The lowest BCUT2D eigenvalue weighted by molar-refractivity contribution is -0.667. The summed E-state index contributed by atoms with van der Waals surface area (Å²) in [6, 6.07) is 22.5. The summed E-state index contributed by atoms with van der Waals surface area (Å²) in [5.41, 5.74) is 8.38. The van der Waals surface area contributed by atoms with Crippen LogP contribution in [0.5, 0.6) is 0 Å². The fourth-order valence-corrected chi connectivity index (χ4v) is 7.72. The van der Waals surface area contributed by atoms with Crippen LogP contribution in [-0.4, -0.2) is 6.54 Å². The lowest BCUT2D eigenvalue weighted by Gasteiger charge is -2.30. The van der Waals surface area contributed by atoms with Gasteiger partial charge in [0.2, 0.25) is 10.5 Å². The first-order valence-corrected chi connectivity index (χ1v) is 14.8. The summed E-state index contributed by atoms with van der Waals surface area (Å²) in [5.74, 6) is 0. The van der Waals surface area contributed by atoms with Gasteiger partial charge in [0.05, 0.1) is 17.1 Å². The van der Waals surface area contributed by atoms with Gasteiger partial charge in [-0.3, -0.25) is 4.90 Å². The maximum atomic E-state index is 2.51. The summed E-state index contributed by atoms with van der Waals surface area (Å²) >= 11 is 1.31. The summed E-state index contributed by atoms with van der Waals surface area (Å²) in [6.45, 7) is 13.5. The van der Waals surface area contributed by atoms with Crippen LogP contribution in [0.1, 0.15) is 51.7 Å². The second-order valence-electron chi connectivity index (χ2n) is 11.5. The molecule has 0 saturated heterocycles. The Morgan fingerprint density at radius 2 is 1.79 bits per heavy atom. The lowest BCUT2D eigenvalue weighted by atomic mass is 9.75. The van der Waals surface area contributed by atoms with Crippen LogP contribution in [0.25, 0.3) is 27.8 Å². The second-order valence-corrected chi connectivity index (χ2v) is 12.7. The number of benzene rings is 3. The summed E-state index contributed by atoms with van der Waals surface area (Å²) in [6.07, 6.45) is 11.8. The van der Waals surface area contributed by atoms with Crippen molar-refractivity contribution in [2.75, 3.05) is 11.4 Å². The minimum atomic E-state index is 0.225. The van der Waals surface area contributed by atoms with Gasteiger partial charge < -0.3 is 0 Å². The van der Waals surface area contributed by atoms with E-state index in [1.165, 1.54) is 71.3 Å². The van der Waals surface area contributed by atoms with Gasteiger partial charge in [0.25, 0.3) is 0 Å². The monoisotopic (exact) mass is 518 g/mol. The van der Waals surface area contributed by atoms with E-state index in [1.807, 2.05) is 0 Å². The number of pyridine rings is 1. The third kappa shape index (κ3) is 4.58. The average Bonchev–Trinajstić information content (AvgIpc) is 3.25. The number of anilines is 1. The molecule has 0 spiro atoms. The Hall–Kier alpha value is -3.30. The molecule has 3 aromatic carbocycles. The molecule has 0 unspecified atom stereocenters. The van der Waals surface area contributed by atoms with Gasteiger partial charge in [0, 0.05) is 30.1 Å². The van der Waals surface area contributed by atoms with Gasteiger partial charge in [-0.05, 0) is 79.3 Å². The van der Waals surface area contributed by atoms with Crippen molar-refractivity contribution >= 4 is 45.2 Å². The Morgan fingerprint density at radius 1 is 0.947 bits per heavy atom. The molecule has 1 aromatic heterocycles. The van der Waals surface area contributed by atoms with E-state index < -0.39 is 0 Å². The number of hydrogen-bond acceptors (Lipinski definition) is 1. The number of rotatable bonds is 4. The van der Waals surface area contributed by atoms with Gasteiger partial charge in [0.15, 0.2) is 11.1 Å². The molecule has 0 radical (unpaired) electrons. The van der Waals surface area contributed by atoms with Crippen molar-refractivity contribution in [2.24, 2.45) is 5.41 Å². The zero-order valence-electron chi connectivity index (χ0n) is 23.3. The van der Waals surface area contributed by atoms with Gasteiger partial charge in [0.1, 0.15) is 12.2 Å². The minimum Gasteiger partial charge on any atom is -0.298 e. The predicted molar refractivity (Wildman–Crippen MR) is 166 cm³/mol. The van der Waals surface area contributed by atoms with Crippen molar-refractivity contribution in [2.45, 2.75) is 58.9 Å². The van der Waals surface area contributed by atoms with Crippen molar-refractivity contribution in [3.63, 3.8) is 0 Å². The van der Waals surface area contributed by atoms with E-state index in [4.69, 9.17) is 0 Å². The maximum absolute atomic E-state index is 2.51. The zero-order chi connectivity index (χ0) is 26.4. The van der Waals surface area contributed by atoms with Crippen LogP contribution in [0, 0.1) is 12.3 Å². The van der Waals surface area contributed by atoms with E-state index in [9.17, 15) is 0 Å². The molecular weight excluding hydrogens is 480 g/mol. The predicted octanol–water partition coefficient (Wildman–Crippen LogP) is 8.29. The third-order valence-electron chi connectivity index (χ3n) is 7.93. The van der Waals surface area contributed by atoms with Crippen molar-refractivity contribution in [1.82, 2.24) is 0 Å². The normalized spacial score (nSPS) is 19.0. The van der Waals surface area contributed by atoms with Crippen LogP contribution in [0.15, 0.2) is 100 Å². The average molecular weight is 519 g/mol. The summed E-state index contributed by atoms with van der Waals surface area (Å²) < 4.78 is 2.34. The number of allylic oxidation sites excluding steroid dienone is 4. The molecule has 0 fully saturated rings. The molecule has 0 amide bonds. The molecule has 38 heavy (non-hydrogen) atoms. The van der Waals surface area contributed by atoms with E-state index in [-0.39, 0.29) is 5.41 Å². The van der Waals surface area contributed by atoms with Gasteiger partial charge in [-0.15, -0.1) is 0 Å². The van der Waals surface area contributed by atoms with Crippen LogP contribution in [0.4, 0.5) is 5.69 Å². The minimum absolute atomic E-state index is 0.225. The highest BCUT2D eigenvalue weighted by molar-refractivity contribution is 7.83. The van der Waals surface area contributed by atoms with Crippen LogP contribution in [0.3, 0.4) is 0 Å². The van der Waals surface area contributed by atoms with Crippen molar-refractivity contribution in [3.05, 3.63) is 106 Å². The van der Waals surface area contributed by atoms with Gasteiger partial charge >= 0.3 is 0 Å². The first-order chi connectivity index (χ1) is 18.3. The molecule has 6 rings (SSSR count). The van der Waals surface area contributed by atoms with Crippen LogP contribution in [0.2, 0.25) is 0 Å². The Labute approximate surface area is 231 Å². The highest BCUT2D eigenvalue weighted by Gasteiger charge is 2.35. The Balaban J connectivity index is 1.42. The van der Waals surface area contributed by atoms with Crippen molar-refractivity contribution in [1.29, 1.82) is 0 Å². The summed E-state index contributed by atoms with van der Waals surface area (Å²) in [5, 5.41) is 5.44. The number of aryl methyl sites for hydroxylation is 2. The number of hydrogen-bond donors (Lipinski definition) is 0. The first-order valence-electron chi connectivity index (χ1n) is 13.9. The lowest BCUT2D eigenvalue weighted by Crippen LogP contribution is -2.32. The Morgan fingerprint density at radius 3 is 2.61 bits per heavy atom. The van der Waals surface area contributed by atoms with Gasteiger partial charge in [-0.2, -0.15) is 4.57 Å². The quantitative estimate of drug-likeness (QED) is 0.150. The van der Waals surface area contributed by atoms with Gasteiger partial charge in [-0.1, -0.05) is 61.9 Å². The van der Waals surface area contributed by atoms with E-state index in [0.717, 1.165) is 25.9 Å².